The summed E-state index contributed by atoms with van der Waals surface area (Å²) in [5, 5.41) is 13.3. The predicted octanol–water partition coefficient (Wildman–Crippen LogP) is 5.54. The van der Waals surface area contributed by atoms with Gasteiger partial charge in [0.05, 0.1) is 45.4 Å². The number of nitrogens with zero attached hydrogens (tertiary/aromatic N) is 4. The molecule has 200 valence electrons. The molecule has 2 saturated carbocycles. The molecule has 8 nitrogen and oxygen atoms in total. The number of carboxylic acid groups (broad SMARTS) is 1. The van der Waals surface area contributed by atoms with Crippen LogP contribution in [-0.2, 0) is 11.0 Å². The molecule has 13 heteroatoms. The third kappa shape index (κ3) is 5.77. The molecule has 0 spiro atoms. The molecule has 2 aliphatic rings. The number of carbonyl (C=O) groups excluding carboxylic acids is 2. The highest BCUT2D eigenvalue weighted by Crippen LogP contribution is 2.43. The smallest absolute Gasteiger partial charge is 0.433 e. The highest BCUT2D eigenvalue weighted by atomic mass is 35.5. The first-order valence-corrected chi connectivity index (χ1v) is 12.6. The minimum Gasteiger partial charge on any atom is -0.481 e. The van der Waals surface area contributed by atoms with Gasteiger partial charge in [-0.15, -0.1) is 0 Å². The van der Waals surface area contributed by atoms with Crippen LogP contribution in [0.3, 0.4) is 0 Å². The fraction of sp³-hybridized carbons (Fsp3) is 0.542. The SMILES string of the molecule is C[C@]1(C(=O)O)CC[C@H](n2ncc(C(=O)N(CC(=O)c3c(Cl)cncc3Cl)CC3CC3)c2C(F)(F)F)CC1. The molecule has 2 aliphatic carbocycles. The van der Waals surface area contributed by atoms with Crippen molar-refractivity contribution in [2.45, 2.75) is 57.7 Å². The van der Waals surface area contributed by atoms with Crippen LogP contribution in [0, 0.1) is 11.3 Å². The third-order valence-electron chi connectivity index (χ3n) is 7.14. The van der Waals surface area contributed by atoms with Gasteiger partial charge in [-0.2, -0.15) is 18.3 Å². The van der Waals surface area contributed by atoms with Gasteiger partial charge < -0.3 is 10.0 Å². The van der Waals surface area contributed by atoms with E-state index in [2.05, 4.69) is 10.1 Å². The number of hydrogen-bond donors (Lipinski definition) is 1. The van der Waals surface area contributed by atoms with E-state index in [9.17, 15) is 32.7 Å². The Labute approximate surface area is 220 Å². The zero-order valence-electron chi connectivity index (χ0n) is 19.9. The highest BCUT2D eigenvalue weighted by Gasteiger charge is 2.45. The highest BCUT2D eigenvalue weighted by molar-refractivity contribution is 6.39. The van der Waals surface area contributed by atoms with Gasteiger partial charge in [0.2, 0.25) is 0 Å². The molecule has 0 aliphatic heterocycles. The van der Waals surface area contributed by atoms with Gasteiger partial charge in [-0.05, 0) is 51.4 Å². The van der Waals surface area contributed by atoms with Crippen molar-refractivity contribution < 1.29 is 32.7 Å². The van der Waals surface area contributed by atoms with E-state index < -0.39 is 53.1 Å². The molecule has 2 aromatic heterocycles. The van der Waals surface area contributed by atoms with Gasteiger partial charge >= 0.3 is 12.1 Å². The number of halogens is 5. The van der Waals surface area contributed by atoms with E-state index in [-0.39, 0.29) is 53.8 Å². The van der Waals surface area contributed by atoms with Gasteiger partial charge in [0, 0.05) is 18.9 Å². The summed E-state index contributed by atoms with van der Waals surface area (Å²) in [5.41, 5.74) is -2.92. The molecule has 4 rings (SSSR count). The average molecular weight is 561 g/mol. The summed E-state index contributed by atoms with van der Waals surface area (Å²) < 4.78 is 43.6. The first kappa shape index (κ1) is 27.4. The molecule has 0 unspecified atom stereocenters. The Bertz CT molecular complexity index is 1200. The number of alkyl halides is 3. The van der Waals surface area contributed by atoms with Crippen molar-refractivity contribution in [3.63, 3.8) is 0 Å². The molecule has 2 fully saturated rings. The van der Waals surface area contributed by atoms with Crippen LogP contribution < -0.4 is 0 Å². The van der Waals surface area contributed by atoms with Crippen LogP contribution in [0.25, 0.3) is 0 Å². The van der Waals surface area contributed by atoms with E-state index in [0.717, 1.165) is 28.6 Å². The lowest BCUT2D eigenvalue weighted by molar-refractivity contribution is -0.152. The number of carbonyl (C=O) groups is 3. The monoisotopic (exact) mass is 560 g/mol. The lowest BCUT2D eigenvalue weighted by Gasteiger charge is -2.34. The van der Waals surface area contributed by atoms with E-state index in [1.54, 1.807) is 6.92 Å². The number of amides is 1. The molecular weight excluding hydrogens is 536 g/mol. The number of Topliss-reactive ketones (excluding diaryl/α,β-unsaturated/α-hetero) is 1. The van der Waals surface area contributed by atoms with Crippen LogP contribution in [0.2, 0.25) is 10.0 Å². The van der Waals surface area contributed by atoms with Gasteiger partial charge in [0.1, 0.15) is 0 Å². The Morgan fingerprint density at radius 3 is 2.22 bits per heavy atom. The fourth-order valence-corrected chi connectivity index (χ4v) is 5.28. The Morgan fingerprint density at radius 1 is 1.11 bits per heavy atom. The number of carboxylic acids is 1. The number of aromatic nitrogens is 3. The van der Waals surface area contributed by atoms with Gasteiger partial charge in [-0.1, -0.05) is 23.2 Å². The molecule has 0 radical (unpaired) electrons. The Hall–Kier alpha value is -2.66. The maximum absolute atomic E-state index is 14.3. The summed E-state index contributed by atoms with van der Waals surface area (Å²) in [5.74, 6) is -2.50. The van der Waals surface area contributed by atoms with Crippen LogP contribution >= 0.6 is 23.2 Å². The summed E-state index contributed by atoms with van der Waals surface area (Å²) in [6.45, 7) is 1.16. The van der Waals surface area contributed by atoms with Crippen LogP contribution in [-0.4, -0.2) is 55.5 Å². The molecule has 37 heavy (non-hydrogen) atoms. The van der Waals surface area contributed by atoms with E-state index in [4.69, 9.17) is 23.2 Å². The molecule has 0 bridgehead atoms. The zero-order valence-corrected chi connectivity index (χ0v) is 21.4. The number of pyridine rings is 1. The number of aliphatic carboxylic acids is 1. The largest absolute Gasteiger partial charge is 0.481 e. The van der Waals surface area contributed by atoms with Crippen LogP contribution in [0.15, 0.2) is 18.6 Å². The molecule has 0 saturated heterocycles. The normalized spacial score (nSPS) is 22.1. The molecule has 0 aromatic carbocycles. The second kappa shape index (κ2) is 10.2. The van der Waals surface area contributed by atoms with Crippen molar-refractivity contribution in [2.24, 2.45) is 11.3 Å². The second-order valence-corrected chi connectivity index (χ2v) is 10.8. The standard InChI is InChI=1S/C24H25Cl2F3N4O4/c1-23(22(36)37)6-4-14(5-7-23)33-20(24(27,28)29)15(8-31-33)21(35)32(11-13-2-3-13)12-18(34)19-16(25)9-30-10-17(19)26/h8-10,13-14H,2-7,11-12H2,1H3,(H,36,37)/t14-,23-. The van der Waals surface area contributed by atoms with E-state index in [1.807, 2.05) is 0 Å². The van der Waals surface area contributed by atoms with Crippen LogP contribution in [0.4, 0.5) is 13.2 Å². The first-order chi connectivity index (χ1) is 17.3. The quantitative estimate of drug-likeness (QED) is 0.424. The first-order valence-electron chi connectivity index (χ1n) is 11.8. The van der Waals surface area contributed by atoms with Crippen LogP contribution in [0.5, 0.6) is 0 Å². The maximum Gasteiger partial charge on any atom is 0.433 e. The predicted molar refractivity (Wildman–Crippen MR) is 128 cm³/mol. The second-order valence-electron chi connectivity index (χ2n) is 9.98. The van der Waals surface area contributed by atoms with Crippen molar-refractivity contribution in [3.8, 4) is 0 Å². The van der Waals surface area contributed by atoms with Crippen molar-refractivity contribution in [3.05, 3.63) is 45.5 Å². The van der Waals surface area contributed by atoms with Crippen LogP contribution in [0.1, 0.15) is 77.9 Å². The molecule has 1 amide bonds. The number of rotatable bonds is 8. The number of ketones is 1. The summed E-state index contributed by atoms with van der Waals surface area (Å²) in [6.07, 6.45) is 0.726. The number of hydrogen-bond acceptors (Lipinski definition) is 5. The fourth-order valence-electron chi connectivity index (χ4n) is 4.71. The van der Waals surface area contributed by atoms with E-state index >= 15 is 0 Å². The summed E-state index contributed by atoms with van der Waals surface area (Å²) >= 11 is 12.1. The van der Waals surface area contributed by atoms with Gasteiger partial charge in [0.25, 0.3) is 5.91 Å². The van der Waals surface area contributed by atoms with Crippen molar-refractivity contribution >= 4 is 40.9 Å². The van der Waals surface area contributed by atoms with E-state index in [1.165, 1.54) is 12.4 Å². The maximum atomic E-state index is 14.3. The zero-order chi connectivity index (χ0) is 27.1. The Morgan fingerprint density at radius 2 is 1.70 bits per heavy atom. The van der Waals surface area contributed by atoms with Crippen molar-refractivity contribution in [1.82, 2.24) is 19.7 Å². The minimum atomic E-state index is -4.90. The Kier molecular flexibility index (Phi) is 7.58. The van der Waals surface area contributed by atoms with Gasteiger partial charge in [0.15, 0.2) is 11.5 Å². The van der Waals surface area contributed by atoms with Gasteiger partial charge in [-0.25, -0.2) is 0 Å². The third-order valence-corrected chi connectivity index (χ3v) is 7.72. The van der Waals surface area contributed by atoms with Crippen molar-refractivity contribution in [2.75, 3.05) is 13.1 Å². The van der Waals surface area contributed by atoms with Crippen molar-refractivity contribution in [1.29, 1.82) is 0 Å². The summed E-state index contributed by atoms with van der Waals surface area (Å²) in [4.78, 5) is 42.9. The topological polar surface area (TPSA) is 105 Å². The molecule has 2 heterocycles. The summed E-state index contributed by atoms with van der Waals surface area (Å²) in [7, 11) is 0. The van der Waals surface area contributed by atoms with E-state index in [0.29, 0.717) is 0 Å². The molecule has 2 aromatic rings. The molecule has 0 atom stereocenters. The van der Waals surface area contributed by atoms with Gasteiger partial charge in [-0.3, -0.25) is 24.0 Å². The Balaban J connectivity index is 1.63. The molecule has 1 N–H and O–H groups in total. The minimum absolute atomic E-state index is 0.0224. The lowest BCUT2D eigenvalue weighted by Crippen LogP contribution is -2.38. The molecular formula is C24H25Cl2F3N4O4. The summed E-state index contributed by atoms with van der Waals surface area (Å²) in [6, 6.07) is -0.710. The lowest BCUT2D eigenvalue weighted by atomic mass is 9.74. The average Bonchev–Trinajstić information content (AvgIpc) is 3.51.